The molecular formula is C14H16N4OS. The zero-order valence-electron chi connectivity index (χ0n) is 11.7. The van der Waals surface area contributed by atoms with Gasteiger partial charge in [-0.15, -0.1) is 11.3 Å². The highest BCUT2D eigenvalue weighted by Crippen LogP contribution is 2.22. The fourth-order valence-corrected chi connectivity index (χ4v) is 2.75. The van der Waals surface area contributed by atoms with Gasteiger partial charge in [-0.1, -0.05) is 6.92 Å². The normalized spacial score (nSPS) is 11.6. The number of aryl methyl sites for hydroxylation is 2. The van der Waals surface area contributed by atoms with Gasteiger partial charge in [-0.2, -0.15) is 5.26 Å². The summed E-state index contributed by atoms with van der Waals surface area (Å²) in [6, 6.07) is 1.96. The van der Waals surface area contributed by atoms with Crippen LogP contribution in [0.5, 0.6) is 0 Å². The van der Waals surface area contributed by atoms with Crippen LogP contribution in [-0.2, 0) is 4.79 Å². The quantitative estimate of drug-likeness (QED) is 0.694. The minimum Gasteiger partial charge on any atom is -0.351 e. The first-order chi connectivity index (χ1) is 9.56. The maximum atomic E-state index is 11.9. The van der Waals surface area contributed by atoms with Crippen LogP contribution in [0.2, 0.25) is 0 Å². The number of hydrogen-bond acceptors (Lipinski definition) is 4. The van der Waals surface area contributed by atoms with Crippen molar-refractivity contribution in [3.05, 3.63) is 28.0 Å². The molecule has 0 atom stereocenters. The molecule has 0 saturated heterocycles. The van der Waals surface area contributed by atoms with Crippen LogP contribution in [0.3, 0.4) is 0 Å². The molecule has 2 aromatic heterocycles. The summed E-state index contributed by atoms with van der Waals surface area (Å²) in [5.74, 6) is -0.337. The first kappa shape index (κ1) is 14.3. The molecule has 0 spiro atoms. The third kappa shape index (κ3) is 2.73. The molecule has 2 rings (SSSR count). The summed E-state index contributed by atoms with van der Waals surface area (Å²) in [5.41, 5.74) is 1.70. The number of carbonyl (C=O) groups is 1. The van der Waals surface area contributed by atoms with Gasteiger partial charge in [0, 0.05) is 17.6 Å². The summed E-state index contributed by atoms with van der Waals surface area (Å²) in [6.45, 7) is 6.41. The van der Waals surface area contributed by atoms with Gasteiger partial charge >= 0.3 is 0 Å². The first-order valence-corrected chi connectivity index (χ1v) is 7.23. The molecule has 1 N–H and O–H groups in total. The third-order valence-electron chi connectivity index (χ3n) is 2.84. The van der Waals surface area contributed by atoms with E-state index in [0.717, 1.165) is 27.6 Å². The highest BCUT2D eigenvalue weighted by molar-refractivity contribution is 7.17. The second kappa shape index (κ2) is 5.88. The molecule has 0 aliphatic rings. The van der Waals surface area contributed by atoms with Crippen molar-refractivity contribution in [1.82, 2.24) is 14.7 Å². The molecule has 20 heavy (non-hydrogen) atoms. The van der Waals surface area contributed by atoms with Gasteiger partial charge in [0.25, 0.3) is 5.91 Å². The Hall–Kier alpha value is -2.13. The highest BCUT2D eigenvalue weighted by atomic mass is 32.1. The molecule has 0 fully saturated rings. The second-order valence-corrected chi connectivity index (χ2v) is 5.72. The van der Waals surface area contributed by atoms with E-state index in [9.17, 15) is 4.79 Å². The number of amides is 1. The van der Waals surface area contributed by atoms with E-state index >= 15 is 0 Å². The van der Waals surface area contributed by atoms with Crippen molar-refractivity contribution in [2.24, 2.45) is 0 Å². The Bertz CT molecular complexity index is 717. The molecule has 5 nitrogen and oxygen atoms in total. The Morgan fingerprint density at radius 2 is 2.35 bits per heavy atom. The monoisotopic (exact) mass is 288 g/mol. The lowest BCUT2D eigenvalue weighted by molar-refractivity contribution is -0.117. The van der Waals surface area contributed by atoms with Gasteiger partial charge < -0.3 is 5.32 Å². The van der Waals surface area contributed by atoms with Crippen LogP contribution in [-0.4, -0.2) is 21.8 Å². The molecule has 0 aliphatic carbocycles. The van der Waals surface area contributed by atoms with Gasteiger partial charge in [0.1, 0.15) is 11.6 Å². The number of aromatic nitrogens is 2. The van der Waals surface area contributed by atoms with Crippen molar-refractivity contribution in [3.63, 3.8) is 0 Å². The number of nitriles is 1. The Balaban J connectivity index is 2.41. The molecule has 2 heterocycles. The van der Waals surface area contributed by atoms with E-state index in [-0.39, 0.29) is 11.5 Å². The van der Waals surface area contributed by atoms with E-state index < -0.39 is 0 Å². The van der Waals surface area contributed by atoms with Crippen molar-refractivity contribution >= 4 is 28.3 Å². The fourth-order valence-electron chi connectivity index (χ4n) is 1.87. The van der Waals surface area contributed by atoms with E-state index in [2.05, 4.69) is 10.3 Å². The maximum Gasteiger partial charge on any atom is 0.262 e. The van der Waals surface area contributed by atoms with E-state index in [1.54, 1.807) is 17.4 Å². The number of hydrogen-bond donors (Lipinski definition) is 1. The number of fused-ring (bicyclic) bond motifs is 1. The van der Waals surface area contributed by atoms with Crippen molar-refractivity contribution in [2.75, 3.05) is 6.54 Å². The largest absolute Gasteiger partial charge is 0.351 e. The Kier molecular flexibility index (Phi) is 4.20. The van der Waals surface area contributed by atoms with Gasteiger partial charge in [-0.3, -0.25) is 9.20 Å². The van der Waals surface area contributed by atoms with Crippen LogP contribution in [0.1, 0.15) is 29.6 Å². The lowest BCUT2D eigenvalue weighted by atomic mass is 10.2. The molecule has 0 aromatic carbocycles. The number of thiazole rings is 1. The van der Waals surface area contributed by atoms with Crippen molar-refractivity contribution in [3.8, 4) is 6.07 Å². The van der Waals surface area contributed by atoms with E-state index in [4.69, 9.17) is 5.26 Å². The maximum absolute atomic E-state index is 11.9. The fraction of sp³-hybridized carbons (Fsp3) is 0.357. The topological polar surface area (TPSA) is 70.2 Å². The first-order valence-electron chi connectivity index (χ1n) is 6.42. The molecule has 104 valence electrons. The smallest absolute Gasteiger partial charge is 0.262 e. The Morgan fingerprint density at radius 1 is 1.60 bits per heavy atom. The lowest BCUT2D eigenvalue weighted by Crippen LogP contribution is -2.25. The minimum atomic E-state index is -0.337. The SMILES string of the molecule is CCCNC(=O)/C(C#N)=C/c1c(C)nc2sc(C)cn12. The van der Waals surface area contributed by atoms with Crippen molar-refractivity contribution in [1.29, 1.82) is 5.26 Å². The highest BCUT2D eigenvalue weighted by Gasteiger charge is 2.13. The summed E-state index contributed by atoms with van der Waals surface area (Å²) < 4.78 is 1.92. The molecule has 0 saturated carbocycles. The summed E-state index contributed by atoms with van der Waals surface area (Å²) in [7, 11) is 0. The molecule has 0 unspecified atom stereocenters. The van der Waals surface area contributed by atoms with Gasteiger partial charge in [-0.25, -0.2) is 4.98 Å². The average molecular weight is 288 g/mol. The number of rotatable bonds is 4. The molecule has 0 aliphatic heterocycles. The third-order valence-corrected chi connectivity index (χ3v) is 3.74. The van der Waals surface area contributed by atoms with E-state index in [1.165, 1.54) is 0 Å². The van der Waals surface area contributed by atoms with Crippen LogP contribution >= 0.6 is 11.3 Å². The van der Waals surface area contributed by atoms with E-state index in [0.29, 0.717) is 6.54 Å². The van der Waals surface area contributed by atoms with Crippen LogP contribution in [0.15, 0.2) is 11.8 Å². The number of nitrogens with one attached hydrogen (secondary N) is 1. The second-order valence-electron chi connectivity index (χ2n) is 4.50. The zero-order valence-corrected chi connectivity index (χ0v) is 12.5. The predicted molar refractivity (Wildman–Crippen MR) is 79.4 cm³/mol. The molecule has 2 aromatic rings. The Morgan fingerprint density at radius 3 is 3.00 bits per heavy atom. The molecule has 6 heteroatoms. The lowest BCUT2D eigenvalue weighted by Gasteiger charge is -2.01. The van der Waals surface area contributed by atoms with Crippen LogP contribution in [0.4, 0.5) is 0 Å². The van der Waals surface area contributed by atoms with Crippen LogP contribution in [0, 0.1) is 25.2 Å². The number of nitrogens with zero attached hydrogens (tertiary/aromatic N) is 3. The standard InChI is InChI=1S/C14H16N4OS/c1-4-5-16-13(19)11(7-15)6-12-10(3)17-14-18(12)8-9(2)20-14/h6,8H,4-5H2,1-3H3,(H,16,19)/b11-6+. The zero-order chi connectivity index (χ0) is 14.7. The number of imidazole rings is 1. The molecule has 0 radical (unpaired) electrons. The number of carbonyl (C=O) groups excluding carboxylic acids is 1. The molecule has 0 bridgehead atoms. The van der Waals surface area contributed by atoms with Gasteiger partial charge in [0.05, 0.1) is 11.4 Å². The summed E-state index contributed by atoms with van der Waals surface area (Å²) in [5, 5.41) is 11.9. The summed E-state index contributed by atoms with van der Waals surface area (Å²) in [6.07, 6.45) is 4.40. The predicted octanol–water partition coefficient (Wildman–Crippen LogP) is 2.45. The summed E-state index contributed by atoms with van der Waals surface area (Å²) in [4.78, 5) is 18.3. The van der Waals surface area contributed by atoms with Crippen molar-refractivity contribution < 1.29 is 4.79 Å². The average Bonchev–Trinajstić information content (AvgIpc) is 2.89. The van der Waals surface area contributed by atoms with Crippen LogP contribution in [0.25, 0.3) is 11.0 Å². The molecule has 1 amide bonds. The van der Waals surface area contributed by atoms with Gasteiger partial charge in [-0.05, 0) is 26.3 Å². The van der Waals surface area contributed by atoms with E-state index in [1.807, 2.05) is 37.4 Å². The van der Waals surface area contributed by atoms with Gasteiger partial charge in [0.15, 0.2) is 4.96 Å². The minimum absolute atomic E-state index is 0.104. The van der Waals surface area contributed by atoms with Gasteiger partial charge in [0.2, 0.25) is 0 Å². The Labute approximate surface area is 121 Å². The summed E-state index contributed by atoms with van der Waals surface area (Å²) >= 11 is 1.58. The molecular weight excluding hydrogens is 272 g/mol. The van der Waals surface area contributed by atoms with Crippen molar-refractivity contribution in [2.45, 2.75) is 27.2 Å². The van der Waals surface area contributed by atoms with Crippen LogP contribution < -0.4 is 5.32 Å².